The number of rotatable bonds is 2. The quantitative estimate of drug-likeness (QED) is 0.480. The van der Waals surface area contributed by atoms with Gasteiger partial charge in [0.05, 0.1) is 23.4 Å². The highest BCUT2D eigenvalue weighted by Crippen LogP contribution is 2.76. The van der Waals surface area contributed by atoms with Gasteiger partial charge in [-0.2, -0.15) is 0 Å². The van der Waals surface area contributed by atoms with Crippen LogP contribution in [0.15, 0.2) is 0 Å². The van der Waals surface area contributed by atoms with E-state index in [1.54, 1.807) is 0 Å². The second-order valence-corrected chi connectivity index (χ2v) is 15.3. The summed E-state index contributed by atoms with van der Waals surface area (Å²) in [6.07, 6.45) is 11.9. The molecule has 0 aromatic rings. The molecule has 5 rings (SSSR count). The zero-order valence-corrected chi connectivity index (χ0v) is 22.8. The molecule has 4 aliphatic carbocycles. The zero-order valence-electron chi connectivity index (χ0n) is 22.8. The summed E-state index contributed by atoms with van der Waals surface area (Å²) >= 11 is 0. The van der Waals surface area contributed by atoms with Gasteiger partial charge in [-0.3, -0.25) is 0 Å². The highest BCUT2D eigenvalue weighted by molar-refractivity contribution is 5.18. The first kappa shape index (κ1) is 24.6. The van der Waals surface area contributed by atoms with Crippen LogP contribution in [0.5, 0.6) is 0 Å². The molecule has 2 unspecified atom stereocenters. The smallest absolute Gasteiger partial charge is 0.0865 e. The average Bonchev–Trinajstić information content (AvgIpc) is 3.27. The Labute approximate surface area is 203 Å². The highest BCUT2D eigenvalue weighted by Gasteiger charge is 2.70. The molecule has 0 radical (unpaired) electrons. The lowest BCUT2D eigenvalue weighted by Gasteiger charge is -2.70. The van der Waals surface area contributed by atoms with Crippen LogP contribution in [-0.2, 0) is 4.74 Å². The molecule has 33 heavy (non-hydrogen) atoms. The van der Waals surface area contributed by atoms with E-state index < -0.39 is 5.60 Å². The van der Waals surface area contributed by atoms with Gasteiger partial charge in [-0.15, -0.1) is 0 Å². The predicted octanol–water partition coefficient (Wildman–Crippen LogP) is 6.74. The topological polar surface area (TPSA) is 49.7 Å². The first-order chi connectivity index (χ1) is 15.1. The van der Waals surface area contributed by atoms with Crippen molar-refractivity contribution in [1.82, 2.24) is 0 Å². The molecule has 3 nitrogen and oxygen atoms in total. The summed E-state index contributed by atoms with van der Waals surface area (Å²) < 4.78 is 6.73. The minimum Gasteiger partial charge on any atom is -0.393 e. The maximum absolute atomic E-state index is 10.9. The van der Waals surface area contributed by atoms with Gasteiger partial charge in [-0.25, -0.2) is 0 Å². The number of ether oxygens (including phenoxy) is 1. The van der Waals surface area contributed by atoms with Crippen LogP contribution in [0.2, 0.25) is 0 Å². The summed E-state index contributed by atoms with van der Waals surface area (Å²) in [5.41, 5.74) is 0.277. The van der Waals surface area contributed by atoms with Crippen LogP contribution in [-0.4, -0.2) is 33.6 Å². The van der Waals surface area contributed by atoms with Crippen LogP contribution in [0.4, 0.5) is 0 Å². The summed E-state index contributed by atoms with van der Waals surface area (Å²) in [5, 5.41) is 21.5. The second kappa shape index (κ2) is 7.22. The van der Waals surface area contributed by atoms with Crippen molar-refractivity contribution in [2.75, 3.05) is 0 Å². The van der Waals surface area contributed by atoms with Crippen molar-refractivity contribution in [2.24, 2.45) is 45.3 Å². The van der Waals surface area contributed by atoms with Crippen molar-refractivity contribution in [3.63, 3.8) is 0 Å². The lowest BCUT2D eigenvalue weighted by molar-refractivity contribution is -0.227. The van der Waals surface area contributed by atoms with Gasteiger partial charge in [0.25, 0.3) is 0 Å². The van der Waals surface area contributed by atoms with E-state index in [-0.39, 0.29) is 23.2 Å². The largest absolute Gasteiger partial charge is 0.393 e. The number of hydrogen-bond acceptors (Lipinski definition) is 3. The maximum Gasteiger partial charge on any atom is 0.0865 e. The van der Waals surface area contributed by atoms with Crippen LogP contribution in [0.1, 0.15) is 120 Å². The van der Waals surface area contributed by atoms with Crippen molar-refractivity contribution in [3.05, 3.63) is 0 Å². The number of hydrogen-bond donors (Lipinski definition) is 2. The van der Waals surface area contributed by atoms with Gasteiger partial charge in [0, 0.05) is 0 Å². The summed E-state index contributed by atoms with van der Waals surface area (Å²) in [6.45, 7) is 18.8. The fourth-order valence-electron chi connectivity index (χ4n) is 11.1. The minimum atomic E-state index is -0.755. The molecule has 3 heteroatoms. The fourth-order valence-corrected chi connectivity index (χ4v) is 11.1. The Balaban J connectivity index is 1.44. The van der Waals surface area contributed by atoms with E-state index in [9.17, 15) is 10.2 Å². The summed E-state index contributed by atoms with van der Waals surface area (Å²) in [4.78, 5) is 0. The Morgan fingerprint density at radius 3 is 2.00 bits per heavy atom. The lowest BCUT2D eigenvalue weighted by Crippen LogP contribution is -2.64. The Morgan fingerprint density at radius 1 is 0.697 bits per heavy atom. The van der Waals surface area contributed by atoms with E-state index in [4.69, 9.17) is 4.74 Å². The Bertz CT molecular complexity index is 784. The van der Waals surface area contributed by atoms with Crippen molar-refractivity contribution < 1.29 is 14.9 Å². The molecule has 1 aliphatic heterocycles. The van der Waals surface area contributed by atoms with Gasteiger partial charge >= 0.3 is 0 Å². The standard InChI is InChI=1S/C30H52O3/c1-25(2)21-12-17-29(7)22(27(21,5)15-13-23(25)31)10-9-19-20(11-16-28(19,29)6)30(8)18-14-24(33-30)26(3,4)32/h19-24,31-32H,9-18H2,1-8H3/t19-,20-,21?,22+,23+,24?,27-,28-,29+,30-/m0/s1. The van der Waals surface area contributed by atoms with Gasteiger partial charge in [0.15, 0.2) is 0 Å². The maximum atomic E-state index is 10.9. The monoisotopic (exact) mass is 460 g/mol. The van der Waals surface area contributed by atoms with E-state index in [1.807, 2.05) is 13.8 Å². The van der Waals surface area contributed by atoms with Crippen molar-refractivity contribution in [1.29, 1.82) is 0 Å². The number of aliphatic hydroxyl groups excluding tert-OH is 1. The van der Waals surface area contributed by atoms with Gasteiger partial charge in [-0.05, 0) is 130 Å². The van der Waals surface area contributed by atoms with E-state index in [2.05, 4.69) is 41.5 Å². The van der Waals surface area contributed by atoms with Crippen LogP contribution in [0.3, 0.4) is 0 Å². The number of aliphatic hydroxyl groups is 2. The van der Waals surface area contributed by atoms with Gasteiger partial charge < -0.3 is 14.9 Å². The van der Waals surface area contributed by atoms with E-state index >= 15 is 0 Å². The van der Waals surface area contributed by atoms with E-state index in [0.717, 1.165) is 31.1 Å². The fraction of sp³-hybridized carbons (Fsp3) is 1.00. The molecule has 0 spiro atoms. The van der Waals surface area contributed by atoms with Crippen LogP contribution >= 0.6 is 0 Å². The third kappa shape index (κ3) is 3.16. The molecule has 0 amide bonds. The molecule has 0 aromatic carbocycles. The third-order valence-electron chi connectivity index (χ3n) is 13.3. The second-order valence-electron chi connectivity index (χ2n) is 15.3. The van der Waals surface area contributed by atoms with Gasteiger partial charge in [-0.1, -0.05) is 34.6 Å². The third-order valence-corrected chi connectivity index (χ3v) is 13.3. The zero-order chi connectivity index (χ0) is 24.2. The van der Waals surface area contributed by atoms with Crippen LogP contribution in [0, 0.1) is 45.3 Å². The van der Waals surface area contributed by atoms with E-state index in [0.29, 0.717) is 28.1 Å². The molecule has 0 bridgehead atoms. The number of fused-ring (bicyclic) bond motifs is 5. The molecule has 1 saturated heterocycles. The Hall–Kier alpha value is -0.120. The van der Waals surface area contributed by atoms with Crippen LogP contribution < -0.4 is 0 Å². The molecule has 2 N–H and O–H groups in total. The Morgan fingerprint density at radius 2 is 1.36 bits per heavy atom. The molecule has 0 aromatic heterocycles. The van der Waals surface area contributed by atoms with Gasteiger partial charge in [0.1, 0.15) is 0 Å². The average molecular weight is 461 g/mol. The SMILES string of the molecule is CC(C)(O)C1CC[C@@](C)([C@H]2CC[C@@]3(C)[C@H]2CC[C@@H]2[C@@]4(C)CC[C@@H](O)C(C)(C)C4CC[C@]23C)O1. The van der Waals surface area contributed by atoms with E-state index in [1.165, 1.54) is 44.9 Å². The molecule has 10 atom stereocenters. The first-order valence-electron chi connectivity index (χ1n) is 14.2. The normalized spacial score (nSPS) is 56.2. The van der Waals surface area contributed by atoms with Gasteiger partial charge in [0.2, 0.25) is 0 Å². The molecular formula is C30H52O3. The predicted molar refractivity (Wildman–Crippen MR) is 134 cm³/mol. The summed E-state index contributed by atoms with van der Waals surface area (Å²) in [6, 6.07) is 0. The molecule has 190 valence electrons. The molecule has 1 heterocycles. The lowest BCUT2D eigenvalue weighted by atomic mass is 9.35. The van der Waals surface area contributed by atoms with Crippen LogP contribution in [0.25, 0.3) is 0 Å². The van der Waals surface area contributed by atoms with Crippen molar-refractivity contribution in [2.45, 2.75) is 143 Å². The van der Waals surface area contributed by atoms with Crippen molar-refractivity contribution in [3.8, 4) is 0 Å². The molecule has 5 aliphatic rings. The first-order valence-corrected chi connectivity index (χ1v) is 14.2. The molecular weight excluding hydrogens is 408 g/mol. The molecule has 4 saturated carbocycles. The van der Waals surface area contributed by atoms with Crippen molar-refractivity contribution >= 4 is 0 Å². The molecule has 5 fully saturated rings. The summed E-state index contributed by atoms with van der Waals surface area (Å²) in [7, 11) is 0. The Kier molecular flexibility index (Phi) is 5.38. The summed E-state index contributed by atoms with van der Waals surface area (Å²) in [5.74, 6) is 2.73. The minimum absolute atomic E-state index is 0.0293. The highest BCUT2D eigenvalue weighted by atomic mass is 16.5.